The Morgan fingerprint density at radius 2 is 1.97 bits per heavy atom. The highest BCUT2D eigenvalue weighted by atomic mass is 19.4. The van der Waals surface area contributed by atoms with Gasteiger partial charge in [-0.3, -0.25) is 14.7 Å². The number of nitrogens with zero attached hydrogens (tertiary/aromatic N) is 2. The summed E-state index contributed by atoms with van der Waals surface area (Å²) in [6, 6.07) is 11.0. The maximum Gasteiger partial charge on any atom is 0.416 e. The molecule has 8 heteroatoms. The van der Waals surface area contributed by atoms with E-state index in [1.165, 1.54) is 6.07 Å². The van der Waals surface area contributed by atoms with E-state index in [4.69, 9.17) is 4.74 Å². The van der Waals surface area contributed by atoms with Crippen LogP contribution in [0.3, 0.4) is 0 Å². The van der Waals surface area contributed by atoms with Crippen LogP contribution in [0, 0.1) is 5.92 Å². The number of benzene rings is 1. The smallest absolute Gasteiger partial charge is 0.368 e. The van der Waals surface area contributed by atoms with E-state index in [0.29, 0.717) is 19.6 Å². The number of amides is 1. The standard InChI is InChI=1S/C24H28F3N3O2/c25-24(26,27)19-9-2-1-7-17(19)15-30-13-5-8-18(16-30)22(20-10-3-4-12-28-20)29-23(31)21-11-6-14-32-21/h1-4,7,9-10,12,18,21-22H,5-6,8,11,13-16H2,(H,29,31)/t18-,21-,22-/m0/s1. The zero-order chi connectivity index (χ0) is 22.6. The van der Waals surface area contributed by atoms with Gasteiger partial charge in [0.1, 0.15) is 6.10 Å². The largest absolute Gasteiger partial charge is 0.416 e. The molecule has 2 aromatic rings. The molecule has 1 aromatic carbocycles. The summed E-state index contributed by atoms with van der Waals surface area (Å²) in [4.78, 5) is 19.3. The van der Waals surface area contributed by atoms with Crippen molar-refractivity contribution in [3.05, 3.63) is 65.5 Å². The van der Waals surface area contributed by atoms with E-state index in [9.17, 15) is 18.0 Å². The molecule has 0 saturated carbocycles. The lowest BCUT2D eigenvalue weighted by Gasteiger charge is -2.37. The first-order valence-electron chi connectivity index (χ1n) is 11.1. The molecule has 3 atom stereocenters. The molecule has 0 bridgehead atoms. The predicted molar refractivity (Wildman–Crippen MR) is 114 cm³/mol. The highest BCUT2D eigenvalue weighted by molar-refractivity contribution is 5.81. The van der Waals surface area contributed by atoms with Gasteiger partial charge in [-0.05, 0) is 61.9 Å². The number of piperidine rings is 1. The van der Waals surface area contributed by atoms with E-state index in [1.807, 2.05) is 23.1 Å². The van der Waals surface area contributed by atoms with Crippen molar-refractivity contribution in [3.63, 3.8) is 0 Å². The van der Waals surface area contributed by atoms with Gasteiger partial charge in [-0.1, -0.05) is 24.3 Å². The van der Waals surface area contributed by atoms with Crippen LogP contribution in [0.2, 0.25) is 0 Å². The van der Waals surface area contributed by atoms with Crippen LogP contribution in [0.25, 0.3) is 0 Å². The fraction of sp³-hybridized carbons (Fsp3) is 0.500. The van der Waals surface area contributed by atoms with Gasteiger partial charge >= 0.3 is 6.18 Å². The van der Waals surface area contributed by atoms with E-state index in [-0.39, 0.29) is 30.0 Å². The lowest BCUT2D eigenvalue weighted by Crippen LogP contribution is -2.45. The normalized spacial score (nSPS) is 23.1. The fourth-order valence-corrected chi connectivity index (χ4v) is 4.71. The van der Waals surface area contributed by atoms with Crippen molar-refractivity contribution in [2.45, 2.75) is 50.6 Å². The molecule has 4 rings (SSSR count). The molecule has 2 aliphatic heterocycles. The van der Waals surface area contributed by atoms with E-state index in [1.54, 1.807) is 18.3 Å². The molecule has 32 heavy (non-hydrogen) atoms. The minimum atomic E-state index is -4.38. The summed E-state index contributed by atoms with van der Waals surface area (Å²) in [5.74, 6) is -0.0975. The third-order valence-corrected chi connectivity index (χ3v) is 6.26. The van der Waals surface area contributed by atoms with E-state index in [0.717, 1.165) is 37.6 Å². The number of ether oxygens (including phenoxy) is 1. The second-order valence-electron chi connectivity index (χ2n) is 8.53. The minimum Gasteiger partial charge on any atom is -0.368 e. The summed E-state index contributed by atoms with van der Waals surface area (Å²) in [5.41, 5.74) is 0.454. The number of nitrogens with one attached hydrogen (secondary N) is 1. The third-order valence-electron chi connectivity index (χ3n) is 6.26. The molecule has 0 spiro atoms. The monoisotopic (exact) mass is 447 g/mol. The van der Waals surface area contributed by atoms with Gasteiger partial charge in [-0.2, -0.15) is 13.2 Å². The van der Waals surface area contributed by atoms with Crippen molar-refractivity contribution < 1.29 is 22.7 Å². The number of carbonyl (C=O) groups is 1. The van der Waals surface area contributed by atoms with Gasteiger partial charge in [0.2, 0.25) is 5.91 Å². The van der Waals surface area contributed by atoms with E-state index < -0.39 is 17.8 Å². The Labute approximate surface area is 186 Å². The molecule has 2 aliphatic rings. The molecule has 3 heterocycles. The second kappa shape index (κ2) is 10.0. The molecular formula is C24H28F3N3O2. The Morgan fingerprint density at radius 3 is 2.69 bits per heavy atom. The summed E-state index contributed by atoms with van der Waals surface area (Å²) in [5, 5.41) is 3.13. The predicted octanol–water partition coefficient (Wildman–Crippen LogP) is 4.35. The Hall–Kier alpha value is -2.45. The number of aromatic nitrogens is 1. The van der Waals surface area contributed by atoms with Gasteiger partial charge in [0.05, 0.1) is 17.3 Å². The van der Waals surface area contributed by atoms with Crippen LogP contribution in [0.1, 0.15) is 48.5 Å². The quantitative estimate of drug-likeness (QED) is 0.716. The zero-order valence-corrected chi connectivity index (χ0v) is 17.9. The van der Waals surface area contributed by atoms with Crippen LogP contribution in [0.4, 0.5) is 13.2 Å². The fourth-order valence-electron chi connectivity index (χ4n) is 4.71. The molecule has 5 nitrogen and oxygen atoms in total. The first-order chi connectivity index (χ1) is 15.4. The van der Waals surface area contributed by atoms with Crippen LogP contribution < -0.4 is 5.32 Å². The molecular weight excluding hydrogens is 419 g/mol. The molecule has 0 aliphatic carbocycles. The number of alkyl halides is 3. The number of hydrogen-bond acceptors (Lipinski definition) is 4. The lowest BCUT2D eigenvalue weighted by molar-refractivity contribution is -0.138. The molecule has 2 saturated heterocycles. The van der Waals surface area contributed by atoms with Gasteiger partial charge in [0, 0.05) is 25.9 Å². The molecule has 172 valence electrons. The van der Waals surface area contributed by atoms with Crippen molar-refractivity contribution in [3.8, 4) is 0 Å². The van der Waals surface area contributed by atoms with Crippen LogP contribution >= 0.6 is 0 Å². The number of rotatable bonds is 6. The SMILES string of the molecule is O=C(N[C@H](c1ccccn1)[C@H]1CCCN(Cc2ccccc2C(F)(F)F)C1)[C@@H]1CCCO1. The Morgan fingerprint density at radius 1 is 1.16 bits per heavy atom. The topological polar surface area (TPSA) is 54.5 Å². The summed E-state index contributed by atoms with van der Waals surface area (Å²) in [6.07, 6.45) is 0.147. The number of halogens is 3. The summed E-state index contributed by atoms with van der Waals surface area (Å²) in [7, 11) is 0. The Kier molecular flexibility index (Phi) is 7.10. The van der Waals surface area contributed by atoms with Crippen LogP contribution in [-0.2, 0) is 22.3 Å². The van der Waals surface area contributed by atoms with Crippen molar-refractivity contribution in [2.24, 2.45) is 5.92 Å². The molecule has 1 aromatic heterocycles. The maximum absolute atomic E-state index is 13.4. The van der Waals surface area contributed by atoms with Gasteiger partial charge in [-0.15, -0.1) is 0 Å². The zero-order valence-electron chi connectivity index (χ0n) is 17.9. The molecule has 0 radical (unpaired) electrons. The molecule has 1 N–H and O–H groups in total. The Bertz CT molecular complexity index is 901. The number of carbonyl (C=O) groups excluding carboxylic acids is 1. The summed E-state index contributed by atoms with van der Waals surface area (Å²) < 4.78 is 45.8. The number of hydrogen-bond donors (Lipinski definition) is 1. The number of pyridine rings is 1. The first kappa shape index (κ1) is 22.7. The van der Waals surface area contributed by atoms with Crippen molar-refractivity contribution in [1.29, 1.82) is 0 Å². The van der Waals surface area contributed by atoms with Crippen LogP contribution in [0.15, 0.2) is 48.7 Å². The van der Waals surface area contributed by atoms with Gasteiger partial charge in [-0.25, -0.2) is 0 Å². The molecule has 0 unspecified atom stereocenters. The lowest BCUT2D eigenvalue weighted by atomic mass is 9.87. The minimum absolute atomic E-state index is 0.0436. The first-order valence-corrected chi connectivity index (χ1v) is 11.1. The van der Waals surface area contributed by atoms with Crippen molar-refractivity contribution in [2.75, 3.05) is 19.7 Å². The summed E-state index contributed by atoms with van der Waals surface area (Å²) in [6.45, 7) is 2.11. The number of likely N-dealkylation sites (tertiary alicyclic amines) is 1. The molecule has 1 amide bonds. The highest BCUT2D eigenvalue weighted by Gasteiger charge is 2.36. The second-order valence-corrected chi connectivity index (χ2v) is 8.53. The molecule has 2 fully saturated rings. The average Bonchev–Trinajstić information content (AvgIpc) is 3.33. The third kappa shape index (κ3) is 5.48. The van der Waals surface area contributed by atoms with Crippen molar-refractivity contribution in [1.82, 2.24) is 15.2 Å². The van der Waals surface area contributed by atoms with Crippen molar-refractivity contribution >= 4 is 5.91 Å². The summed E-state index contributed by atoms with van der Waals surface area (Å²) >= 11 is 0. The van der Waals surface area contributed by atoms with Gasteiger partial charge < -0.3 is 10.1 Å². The Balaban J connectivity index is 1.51. The van der Waals surface area contributed by atoms with E-state index in [2.05, 4.69) is 10.3 Å². The van der Waals surface area contributed by atoms with Gasteiger partial charge in [0.25, 0.3) is 0 Å². The highest BCUT2D eigenvalue weighted by Crippen LogP contribution is 2.34. The maximum atomic E-state index is 13.4. The van der Waals surface area contributed by atoms with Gasteiger partial charge in [0.15, 0.2) is 0 Å². The van der Waals surface area contributed by atoms with Crippen LogP contribution in [-0.4, -0.2) is 41.6 Å². The van der Waals surface area contributed by atoms with E-state index >= 15 is 0 Å². The van der Waals surface area contributed by atoms with Crippen LogP contribution in [0.5, 0.6) is 0 Å². The average molecular weight is 448 g/mol.